The second kappa shape index (κ2) is 8.02. The summed E-state index contributed by atoms with van der Waals surface area (Å²) in [6.07, 6.45) is 0. The lowest BCUT2D eigenvalue weighted by Crippen LogP contribution is -2.34. The Kier molecular flexibility index (Phi) is 5.80. The summed E-state index contributed by atoms with van der Waals surface area (Å²) < 4.78 is 4.71. The Balaban J connectivity index is 1.98. The molecule has 2 aromatic rings. The normalized spacial score (nSPS) is 9.96. The Morgan fingerprint density at radius 2 is 1.80 bits per heavy atom. The molecule has 0 spiro atoms. The van der Waals surface area contributed by atoms with E-state index in [0.29, 0.717) is 0 Å². The van der Waals surface area contributed by atoms with Gasteiger partial charge in [0.2, 0.25) is 0 Å². The second-order valence-corrected chi connectivity index (χ2v) is 5.17. The van der Waals surface area contributed by atoms with Gasteiger partial charge < -0.3 is 4.74 Å². The third-order valence-electron chi connectivity index (χ3n) is 3.00. The minimum Gasteiger partial charge on any atom is -0.452 e. The predicted octanol–water partition coefficient (Wildman–Crippen LogP) is 2.36. The van der Waals surface area contributed by atoms with Crippen molar-refractivity contribution in [3.05, 3.63) is 74.8 Å². The maximum Gasteiger partial charge on any atom is 0.345 e. The second-order valence-electron chi connectivity index (χ2n) is 4.74. The van der Waals surface area contributed by atoms with Crippen LogP contribution in [-0.4, -0.2) is 29.3 Å². The van der Waals surface area contributed by atoms with E-state index in [-0.39, 0.29) is 16.1 Å². The van der Waals surface area contributed by atoms with E-state index >= 15 is 0 Å². The highest BCUT2D eigenvalue weighted by Gasteiger charge is 2.23. The Bertz CT molecular complexity index is 838. The number of nitrogens with zero attached hydrogens (tertiary/aromatic N) is 1. The Morgan fingerprint density at radius 1 is 1.12 bits per heavy atom. The van der Waals surface area contributed by atoms with E-state index in [4.69, 9.17) is 16.3 Å². The first-order valence-corrected chi connectivity index (χ1v) is 7.26. The van der Waals surface area contributed by atoms with Gasteiger partial charge in [0.05, 0.1) is 4.92 Å². The van der Waals surface area contributed by atoms with Crippen molar-refractivity contribution in [2.45, 2.75) is 0 Å². The topological polar surface area (TPSA) is 116 Å². The largest absolute Gasteiger partial charge is 0.452 e. The van der Waals surface area contributed by atoms with Crippen LogP contribution in [0, 0.1) is 10.1 Å². The van der Waals surface area contributed by atoms with Gasteiger partial charge in [-0.15, -0.1) is 0 Å². The third kappa shape index (κ3) is 4.85. The molecule has 0 aliphatic carbocycles. The number of carbonyl (C=O) groups excluding carboxylic acids is 3. The zero-order valence-corrected chi connectivity index (χ0v) is 13.4. The van der Waals surface area contributed by atoms with Gasteiger partial charge in [-0.2, -0.15) is 0 Å². The molecular formula is C16H11ClN2O6. The van der Waals surface area contributed by atoms with Gasteiger partial charge in [0.1, 0.15) is 5.56 Å². The molecule has 0 saturated heterocycles. The monoisotopic (exact) mass is 362 g/mol. The molecule has 25 heavy (non-hydrogen) atoms. The van der Waals surface area contributed by atoms with Gasteiger partial charge in [0.15, 0.2) is 6.61 Å². The van der Waals surface area contributed by atoms with Crippen LogP contribution in [0.3, 0.4) is 0 Å². The van der Waals surface area contributed by atoms with Gasteiger partial charge in [-0.1, -0.05) is 29.8 Å². The van der Waals surface area contributed by atoms with Gasteiger partial charge in [-0.3, -0.25) is 25.0 Å². The lowest BCUT2D eigenvalue weighted by atomic mass is 10.2. The van der Waals surface area contributed by atoms with Crippen molar-refractivity contribution in [1.29, 1.82) is 0 Å². The lowest BCUT2D eigenvalue weighted by molar-refractivity contribution is -0.385. The van der Waals surface area contributed by atoms with Crippen LogP contribution in [0.5, 0.6) is 0 Å². The number of nitrogens with one attached hydrogen (secondary N) is 1. The molecule has 0 bridgehead atoms. The van der Waals surface area contributed by atoms with Crippen LogP contribution in [0.1, 0.15) is 20.7 Å². The highest BCUT2D eigenvalue weighted by Crippen LogP contribution is 2.23. The molecule has 2 aromatic carbocycles. The summed E-state index contributed by atoms with van der Waals surface area (Å²) in [7, 11) is 0. The first-order chi connectivity index (χ1) is 11.9. The molecule has 2 rings (SSSR count). The van der Waals surface area contributed by atoms with Crippen LogP contribution in [0.15, 0.2) is 48.5 Å². The fraction of sp³-hybridized carbons (Fsp3) is 0.0625. The average Bonchev–Trinajstić information content (AvgIpc) is 2.60. The molecule has 0 aliphatic rings. The molecule has 0 atom stereocenters. The Hall–Kier alpha value is -3.26. The first-order valence-electron chi connectivity index (χ1n) is 6.89. The van der Waals surface area contributed by atoms with Crippen LogP contribution in [0.4, 0.5) is 5.69 Å². The van der Waals surface area contributed by atoms with Crippen molar-refractivity contribution in [1.82, 2.24) is 5.32 Å². The van der Waals surface area contributed by atoms with Crippen molar-refractivity contribution in [2.75, 3.05) is 6.61 Å². The number of esters is 1. The summed E-state index contributed by atoms with van der Waals surface area (Å²) in [5.74, 6) is -2.63. The van der Waals surface area contributed by atoms with Gasteiger partial charge in [0, 0.05) is 16.7 Å². The van der Waals surface area contributed by atoms with Gasteiger partial charge in [-0.25, -0.2) is 4.79 Å². The van der Waals surface area contributed by atoms with Crippen LogP contribution >= 0.6 is 11.6 Å². The fourth-order valence-electron chi connectivity index (χ4n) is 1.86. The Labute approximate surface area is 146 Å². The van der Waals surface area contributed by atoms with Crippen LogP contribution in [-0.2, 0) is 9.53 Å². The number of nitro groups is 1. The van der Waals surface area contributed by atoms with E-state index in [9.17, 15) is 24.5 Å². The van der Waals surface area contributed by atoms with E-state index in [1.54, 1.807) is 18.2 Å². The molecule has 1 N–H and O–H groups in total. The van der Waals surface area contributed by atoms with Crippen LogP contribution in [0.2, 0.25) is 5.02 Å². The Morgan fingerprint density at radius 3 is 2.44 bits per heavy atom. The number of nitro benzene ring substituents is 1. The summed E-state index contributed by atoms with van der Waals surface area (Å²) in [5, 5.41) is 13.0. The molecule has 9 heteroatoms. The SMILES string of the molecule is O=C(COC(=O)c1cc(Cl)ccc1[N+](=O)[O-])NC(=O)c1ccccc1. The molecule has 0 radical (unpaired) electrons. The zero-order chi connectivity index (χ0) is 18.4. The number of carbonyl (C=O) groups is 3. The summed E-state index contributed by atoms with van der Waals surface area (Å²) >= 11 is 5.71. The minimum absolute atomic E-state index is 0.0984. The molecule has 0 fully saturated rings. The highest BCUT2D eigenvalue weighted by atomic mass is 35.5. The smallest absolute Gasteiger partial charge is 0.345 e. The maximum atomic E-state index is 11.9. The molecule has 2 amide bonds. The minimum atomic E-state index is -1.10. The van der Waals surface area contributed by atoms with Gasteiger partial charge in [-0.05, 0) is 24.3 Å². The predicted molar refractivity (Wildman–Crippen MR) is 87.3 cm³/mol. The molecule has 0 saturated carbocycles. The standard InChI is InChI=1S/C16H11ClN2O6/c17-11-6-7-13(19(23)24)12(8-11)16(22)25-9-14(20)18-15(21)10-4-2-1-3-5-10/h1-8H,9H2,(H,18,20,21). The summed E-state index contributed by atoms with van der Waals surface area (Å²) in [4.78, 5) is 45.5. The molecule has 0 aliphatic heterocycles. The third-order valence-corrected chi connectivity index (χ3v) is 3.23. The molecular weight excluding hydrogens is 352 g/mol. The van der Waals surface area contributed by atoms with Crippen molar-refractivity contribution in [2.24, 2.45) is 0 Å². The lowest BCUT2D eigenvalue weighted by Gasteiger charge is -2.06. The van der Waals surface area contributed by atoms with Crippen molar-refractivity contribution in [3.8, 4) is 0 Å². The number of rotatable bonds is 5. The maximum absolute atomic E-state index is 11.9. The first kappa shape index (κ1) is 18.1. The van der Waals surface area contributed by atoms with E-state index < -0.39 is 35.0 Å². The van der Waals surface area contributed by atoms with Crippen LogP contribution in [0.25, 0.3) is 0 Å². The molecule has 0 heterocycles. The summed E-state index contributed by atoms with van der Waals surface area (Å²) in [5.41, 5.74) is -0.637. The molecule has 128 valence electrons. The van der Waals surface area contributed by atoms with E-state index in [1.165, 1.54) is 18.2 Å². The summed E-state index contributed by atoms with van der Waals surface area (Å²) in [6.45, 7) is -0.777. The number of amides is 2. The van der Waals surface area contributed by atoms with E-state index in [1.807, 2.05) is 5.32 Å². The number of benzene rings is 2. The highest BCUT2D eigenvalue weighted by molar-refractivity contribution is 6.31. The van der Waals surface area contributed by atoms with Crippen molar-refractivity contribution < 1.29 is 24.0 Å². The molecule has 0 aromatic heterocycles. The summed E-state index contributed by atoms with van der Waals surface area (Å²) in [6, 6.07) is 11.3. The van der Waals surface area contributed by atoms with Gasteiger partial charge in [0.25, 0.3) is 17.5 Å². The fourth-order valence-corrected chi connectivity index (χ4v) is 2.04. The molecule has 8 nitrogen and oxygen atoms in total. The number of ether oxygens (including phenoxy) is 1. The van der Waals surface area contributed by atoms with Crippen molar-refractivity contribution in [3.63, 3.8) is 0 Å². The quantitative estimate of drug-likeness (QED) is 0.496. The zero-order valence-electron chi connectivity index (χ0n) is 12.6. The number of hydrogen-bond acceptors (Lipinski definition) is 6. The van der Waals surface area contributed by atoms with E-state index in [2.05, 4.69) is 0 Å². The number of imide groups is 1. The van der Waals surface area contributed by atoms with Crippen LogP contribution < -0.4 is 5.32 Å². The average molecular weight is 363 g/mol. The van der Waals surface area contributed by atoms with Gasteiger partial charge >= 0.3 is 5.97 Å². The molecule has 0 unspecified atom stereocenters. The van der Waals surface area contributed by atoms with E-state index in [0.717, 1.165) is 12.1 Å². The number of halogens is 1. The van der Waals surface area contributed by atoms with Crippen molar-refractivity contribution >= 4 is 35.1 Å². The number of hydrogen-bond donors (Lipinski definition) is 1.